The fourth-order valence-electron chi connectivity index (χ4n) is 2.45. The summed E-state index contributed by atoms with van der Waals surface area (Å²) in [5.41, 5.74) is 0.773. The number of nitrogens with zero attached hydrogens (tertiary/aromatic N) is 3. The second-order valence-corrected chi connectivity index (χ2v) is 7.09. The highest BCUT2D eigenvalue weighted by Gasteiger charge is 2.26. The third kappa shape index (κ3) is 5.16. The first-order chi connectivity index (χ1) is 13.4. The number of nitrogens with one attached hydrogen (secondary N) is 1. The van der Waals surface area contributed by atoms with E-state index in [2.05, 4.69) is 15.5 Å². The average molecular weight is 407 g/mol. The van der Waals surface area contributed by atoms with Crippen molar-refractivity contribution in [3.05, 3.63) is 24.3 Å². The Labute approximate surface area is 167 Å². The van der Waals surface area contributed by atoms with Crippen LogP contribution in [0, 0.1) is 5.92 Å². The van der Waals surface area contributed by atoms with Crippen LogP contribution in [0.1, 0.15) is 20.3 Å². The van der Waals surface area contributed by atoms with Crippen molar-refractivity contribution in [3.63, 3.8) is 0 Å². The molecule has 0 fully saturated rings. The Hall–Kier alpha value is -2.75. The van der Waals surface area contributed by atoms with E-state index in [1.165, 1.54) is 11.8 Å². The molecule has 2 rings (SSSR count). The van der Waals surface area contributed by atoms with Gasteiger partial charge in [0.2, 0.25) is 11.1 Å². The van der Waals surface area contributed by atoms with Crippen LogP contribution in [-0.2, 0) is 14.3 Å². The summed E-state index contributed by atoms with van der Waals surface area (Å²) in [6, 6.07) is 6.55. The maximum absolute atomic E-state index is 12.3. The van der Waals surface area contributed by atoms with Crippen LogP contribution in [0.3, 0.4) is 0 Å². The lowest BCUT2D eigenvalue weighted by molar-refractivity contribution is -0.146. The van der Waals surface area contributed by atoms with Gasteiger partial charge in [-0.25, -0.2) is 9.47 Å². The van der Waals surface area contributed by atoms with Crippen LogP contribution >= 0.6 is 11.8 Å². The topological polar surface area (TPSA) is 121 Å². The largest absolute Gasteiger partial charge is 0.497 e. The molecule has 0 saturated heterocycles. The van der Waals surface area contributed by atoms with Gasteiger partial charge >= 0.3 is 5.97 Å². The van der Waals surface area contributed by atoms with E-state index in [-0.39, 0.29) is 17.6 Å². The van der Waals surface area contributed by atoms with Crippen molar-refractivity contribution in [2.75, 3.05) is 25.8 Å². The Morgan fingerprint density at radius 2 is 1.93 bits per heavy atom. The molecule has 0 bridgehead atoms. The molecule has 9 nitrogen and oxygen atoms in total. The number of ether oxygens (including phenoxy) is 2. The molecule has 0 unspecified atom stereocenters. The Morgan fingerprint density at radius 1 is 1.25 bits per heavy atom. The molecule has 1 amide bonds. The maximum atomic E-state index is 12.3. The van der Waals surface area contributed by atoms with Crippen molar-refractivity contribution in [2.24, 2.45) is 5.92 Å². The van der Waals surface area contributed by atoms with Crippen LogP contribution in [-0.4, -0.2) is 52.8 Å². The molecule has 0 saturated carbocycles. The highest BCUT2D eigenvalue weighted by molar-refractivity contribution is 7.99. The van der Waals surface area contributed by atoms with Crippen LogP contribution in [0.4, 0.5) is 0 Å². The first-order valence-corrected chi connectivity index (χ1v) is 9.74. The van der Waals surface area contributed by atoms with Crippen molar-refractivity contribution in [1.82, 2.24) is 20.2 Å². The van der Waals surface area contributed by atoms with E-state index in [1.807, 2.05) is 26.0 Å². The minimum absolute atomic E-state index is 0.0405. The number of amides is 1. The van der Waals surface area contributed by atoms with Crippen molar-refractivity contribution in [2.45, 2.75) is 31.5 Å². The number of methoxy groups -OCH3 is 2. The SMILES string of the molecule is CC[C@H](C)[C@@H](NC(=O)CSc1nnc(-c2ccc(OC)cc2)n1N)C(=O)OC. The van der Waals surface area contributed by atoms with E-state index in [0.717, 1.165) is 29.5 Å². The third-order valence-electron chi connectivity index (χ3n) is 4.33. The number of carbonyl (C=O) groups is 2. The first-order valence-electron chi connectivity index (χ1n) is 8.76. The molecule has 28 heavy (non-hydrogen) atoms. The number of carbonyl (C=O) groups excluding carboxylic acids is 2. The molecule has 2 atom stereocenters. The van der Waals surface area contributed by atoms with Gasteiger partial charge in [-0.2, -0.15) is 0 Å². The molecule has 0 aliphatic carbocycles. The smallest absolute Gasteiger partial charge is 0.328 e. The number of hydrogen-bond donors (Lipinski definition) is 2. The molecule has 1 aromatic carbocycles. The lowest BCUT2D eigenvalue weighted by Gasteiger charge is -2.21. The normalized spacial score (nSPS) is 12.9. The van der Waals surface area contributed by atoms with Gasteiger partial charge in [0, 0.05) is 5.56 Å². The molecule has 0 aliphatic rings. The fourth-order valence-corrected chi connectivity index (χ4v) is 3.12. The number of rotatable bonds is 9. The van der Waals surface area contributed by atoms with E-state index in [4.69, 9.17) is 15.3 Å². The average Bonchev–Trinajstić information content (AvgIpc) is 3.09. The molecule has 0 spiro atoms. The van der Waals surface area contributed by atoms with Crippen molar-refractivity contribution in [3.8, 4) is 17.1 Å². The quantitative estimate of drug-likeness (QED) is 0.364. The zero-order valence-corrected chi connectivity index (χ0v) is 17.2. The van der Waals surface area contributed by atoms with Crippen LogP contribution in [0.2, 0.25) is 0 Å². The molecule has 0 radical (unpaired) electrons. The molecule has 152 valence electrons. The Balaban J connectivity index is 2.01. The zero-order chi connectivity index (χ0) is 20.7. The molecule has 3 N–H and O–H groups in total. The first kappa shape index (κ1) is 21.5. The highest BCUT2D eigenvalue weighted by atomic mass is 32.2. The number of nitrogens with two attached hydrogens (primary N) is 1. The molecule has 1 heterocycles. The second-order valence-electron chi connectivity index (χ2n) is 6.15. The number of hydrogen-bond acceptors (Lipinski definition) is 8. The van der Waals surface area contributed by atoms with E-state index in [9.17, 15) is 9.59 Å². The maximum Gasteiger partial charge on any atom is 0.328 e. The zero-order valence-electron chi connectivity index (χ0n) is 16.3. The second kappa shape index (κ2) is 9.98. The van der Waals surface area contributed by atoms with E-state index in [0.29, 0.717) is 11.0 Å². The van der Waals surface area contributed by atoms with Gasteiger partial charge in [-0.1, -0.05) is 32.0 Å². The highest BCUT2D eigenvalue weighted by Crippen LogP contribution is 2.23. The van der Waals surface area contributed by atoms with Gasteiger partial charge in [0.1, 0.15) is 11.8 Å². The molecular weight excluding hydrogens is 382 g/mol. The molecule has 1 aromatic heterocycles. The number of thioether (sulfide) groups is 1. The summed E-state index contributed by atoms with van der Waals surface area (Å²) >= 11 is 1.13. The van der Waals surface area contributed by atoms with E-state index in [1.54, 1.807) is 19.2 Å². The van der Waals surface area contributed by atoms with Gasteiger partial charge in [-0.15, -0.1) is 10.2 Å². The Kier molecular flexibility index (Phi) is 7.68. The summed E-state index contributed by atoms with van der Waals surface area (Å²) in [6.07, 6.45) is 0.732. The monoisotopic (exact) mass is 407 g/mol. The summed E-state index contributed by atoms with van der Waals surface area (Å²) in [7, 11) is 2.89. The van der Waals surface area contributed by atoms with Crippen LogP contribution < -0.4 is 15.9 Å². The summed E-state index contributed by atoms with van der Waals surface area (Å²) in [5, 5.41) is 11.2. The standard InChI is InChI=1S/C18H25N5O4S/c1-5-11(2)15(17(25)27-4)20-14(24)10-28-18-22-21-16(23(18)19)12-6-8-13(26-3)9-7-12/h6-9,11,15H,5,10,19H2,1-4H3,(H,20,24)/t11-,15+/m0/s1. The van der Waals surface area contributed by atoms with E-state index >= 15 is 0 Å². The summed E-state index contributed by atoms with van der Waals surface area (Å²) in [5.74, 6) is 6.49. The molecule has 2 aromatic rings. The minimum Gasteiger partial charge on any atom is -0.497 e. The lowest BCUT2D eigenvalue weighted by Crippen LogP contribution is -2.46. The van der Waals surface area contributed by atoms with Crippen LogP contribution in [0.5, 0.6) is 5.75 Å². The molecule has 0 aliphatic heterocycles. The van der Waals surface area contributed by atoms with Gasteiger partial charge < -0.3 is 20.6 Å². The van der Waals surface area contributed by atoms with Gasteiger partial charge in [0.15, 0.2) is 5.82 Å². The molecule has 10 heteroatoms. The van der Waals surface area contributed by atoms with Crippen molar-refractivity contribution < 1.29 is 19.1 Å². The number of aromatic nitrogens is 3. The van der Waals surface area contributed by atoms with E-state index < -0.39 is 12.0 Å². The summed E-state index contributed by atoms with van der Waals surface area (Å²) in [6.45, 7) is 3.83. The Morgan fingerprint density at radius 3 is 2.50 bits per heavy atom. The third-order valence-corrected chi connectivity index (χ3v) is 5.27. The van der Waals surface area contributed by atoms with Crippen LogP contribution in [0.15, 0.2) is 29.4 Å². The predicted octanol–water partition coefficient (Wildman–Crippen LogP) is 1.46. The Bertz CT molecular complexity index is 809. The molecular formula is C18H25N5O4S. The van der Waals surface area contributed by atoms with Crippen molar-refractivity contribution >= 4 is 23.6 Å². The van der Waals surface area contributed by atoms with Crippen LogP contribution in [0.25, 0.3) is 11.4 Å². The van der Waals surface area contributed by atoms with Crippen molar-refractivity contribution in [1.29, 1.82) is 0 Å². The van der Waals surface area contributed by atoms with Gasteiger partial charge in [-0.3, -0.25) is 4.79 Å². The minimum atomic E-state index is -0.686. The number of nitrogen functional groups attached to an aromatic ring is 1. The number of esters is 1. The summed E-state index contributed by atoms with van der Waals surface area (Å²) in [4.78, 5) is 24.2. The van der Waals surface area contributed by atoms with Gasteiger partial charge in [0.25, 0.3) is 0 Å². The number of benzene rings is 1. The predicted molar refractivity (Wildman–Crippen MR) is 106 cm³/mol. The fraction of sp³-hybridized carbons (Fsp3) is 0.444. The summed E-state index contributed by atoms with van der Waals surface area (Å²) < 4.78 is 11.2. The van der Waals surface area contributed by atoms with Gasteiger partial charge in [0.05, 0.1) is 20.0 Å². The lowest BCUT2D eigenvalue weighted by atomic mass is 9.99. The van der Waals surface area contributed by atoms with Gasteiger partial charge in [-0.05, 0) is 30.2 Å².